The molecule has 1 aliphatic rings. The second-order valence-electron chi connectivity index (χ2n) is 4.44. The highest BCUT2D eigenvalue weighted by atomic mass is 16.3. The summed E-state index contributed by atoms with van der Waals surface area (Å²) in [5.74, 6) is 0.805. The number of fused-ring (bicyclic) bond motifs is 1. The molecule has 1 aromatic carbocycles. The fourth-order valence-corrected chi connectivity index (χ4v) is 2.40. The van der Waals surface area contributed by atoms with E-state index in [1.807, 2.05) is 35.0 Å². The van der Waals surface area contributed by atoms with Gasteiger partial charge < -0.3 is 15.4 Å². The first kappa shape index (κ1) is 10.4. The Morgan fingerprint density at radius 2 is 2.29 bits per heavy atom. The summed E-state index contributed by atoms with van der Waals surface area (Å²) in [5, 5.41) is 10.1. The monoisotopic (exact) mass is 229 g/mol. The molecule has 1 aromatic heterocycles. The van der Waals surface area contributed by atoms with Gasteiger partial charge >= 0.3 is 0 Å². The number of imidazole rings is 1. The van der Waals surface area contributed by atoms with Gasteiger partial charge in [0.25, 0.3) is 0 Å². The van der Waals surface area contributed by atoms with Crippen LogP contribution in [-0.4, -0.2) is 14.7 Å². The number of aromatic nitrogens is 2. The highest BCUT2D eigenvalue weighted by Crippen LogP contribution is 2.30. The van der Waals surface area contributed by atoms with Crippen LogP contribution in [0.4, 0.5) is 5.69 Å². The number of aryl methyl sites for hydroxylation is 1. The topological polar surface area (TPSA) is 64.1 Å². The molecule has 0 aliphatic carbocycles. The maximum absolute atomic E-state index is 10.1. The summed E-state index contributed by atoms with van der Waals surface area (Å²) in [6.45, 7) is 0. The fraction of sp³-hybridized carbons (Fsp3) is 0.308. The lowest BCUT2D eigenvalue weighted by atomic mass is 10.1. The van der Waals surface area contributed by atoms with Gasteiger partial charge in [-0.3, -0.25) is 0 Å². The minimum absolute atomic E-state index is 0.460. The van der Waals surface area contributed by atoms with Crippen LogP contribution >= 0.6 is 0 Å². The number of nitrogens with zero attached hydrogens (tertiary/aromatic N) is 2. The molecule has 0 amide bonds. The molecule has 0 saturated heterocycles. The Bertz CT molecular complexity index is 547. The van der Waals surface area contributed by atoms with Gasteiger partial charge in [0.1, 0.15) is 12.1 Å². The van der Waals surface area contributed by atoms with E-state index in [4.69, 9.17) is 5.73 Å². The first-order valence-corrected chi connectivity index (χ1v) is 5.86. The summed E-state index contributed by atoms with van der Waals surface area (Å²) >= 11 is 0. The molecule has 4 heteroatoms. The molecule has 3 rings (SSSR count). The van der Waals surface area contributed by atoms with E-state index in [1.54, 1.807) is 0 Å². The summed E-state index contributed by atoms with van der Waals surface area (Å²) in [5.41, 5.74) is 8.54. The number of hydrogen-bond donors (Lipinski definition) is 2. The predicted octanol–water partition coefficient (Wildman–Crippen LogP) is 1.96. The van der Waals surface area contributed by atoms with Gasteiger partial charge in [0.2, 0.25) is 0 Å². The number of hydrogen-bond acceptors (Lipinski definition) is 3. The number of aliphatic hydroxyl groups is 1. The van der Waals surface area contributed by atoms with Crippen LogP contribution in [0.1, 0.15) is 24.8 Å². The van der Waals surface area contributed by atoms with Crippen molar-refractivity contribution in [3.63, 3.8) is 0 Å². The van der Waals surface area contributed by atoms with Crippen LogP contribution in [0.2, 0.25) is 0 Å². The zero-order valence-electron chi connectivity index (χ0n) is 9.50. The minimum atomic E-state index is -0.460. The molecular formula is C13H15N3O. The van der Waals surface area contributed by atoms with E-state index in [0.717, 1.165) is 36.3 Å². The summed E-state index contributed by atoms with van der Waals surface area (Å²) < 4.78 is 1.91. The van der Waals surface area contributed by atoms with E-state index in [0.29, 0.717) is 5.69 Å². The molecule has 1 aliphatic heterocycles. The highest BCUT2D eigenvalue weighted by Gasteiger charge is 2.21. The third-order valence-electron chi connectivity index (χ3n) is 3.21. The molecule has 3 N–H and O–H groups in total. The lowest BCUT2D eigenvalue weighted by Crippen LogP contribution is -2.17. The van der Waals surface area contributed by atoms with Gasteiger partial charge in [0.05, 0.1) is 0 Å². The third kappa shape index (κ3) is 1.70. The van der Waals surface area contributed by atoms with Crippen LogP contribution in [-0.2, 0) is 6.42 Å². The molecule has 0 fully saturated rings. The number of benzene rings is 1. The van der Waals surface area contributed by atoms with Crippen molar-refractivity contribution in [2.75, 3.05) is 5.73 Å². The molecule has 0 spiro atoms. The average molecular weight is 229 g/mol. The molecule has 1 unspecified atom stereocenters. The molecule has 0 bridgehead atoms. The Hall–Kier alpha value is -1.81. The molecule has 17 heavy (non-hydrogen) atoms. The van der Waals surface area contributed by atoms with Crippen LogP contribution in [0.5, 0.6) is 0 Å². The molecule has 0 saturated carbocycles. The SMILES string of the molecule is Nc1cccc(-c2ncc3n2C(O)CCC3)c1. The summed E-state index contributed by atoms with van der Waals surface area (Å²) in [6.07, 6.45) is 4.17. The first-order valence-electron chi connectivity index (χ1n) is 5.86. The molecule has 0 radical (unpaired) electrons. The third-order valence-corrected chi connectivity index (χ3v) is 3.21. The standard InChI is InChI=1S/C13H15N3O/c14-10-4-1-3-9(7-10)13-15-8-11-5-2-6-12(17)16(11)13/h1,3-4,7-8,12,17H,2,5-6,14H2. The van der Waals surface area contributed by atoms with Gasteiger partial charge in [-0.25, -0.2) is 4.98 Å². The van der Waals surface area contributed by atoms with Gasteiger partial charge in [0, 0.05) is 23.1 Å². The van der Waals surface area contributed by atoms with Crippen LogP contribution < -0.4 is 5.73 Å². The minimum Gasteiger partial charge on any atom is -0.399 e. The van der Waals surface area contributed by atoms with Crippen molar-refractivity contribution in [3.05, 3.63) is 36.2 Å². The van der Waals surface area contributed by atoms with Gasteiger partial charge in [-0.1, -0.05) is 12.1 Å². The second-order valence-corrected chi connectivity index (χ2v) is 4.44. The van der Waals surface area contributed by atoms with E-state index in [1.165, 1.54) is 0 Å². The Labute approximate surface area is 99.7 Å². The average Bonchev–Trinajstić information content (AvgIpc) is 2.74. The lowest BCUT2D eigenvalue weighted by molar-refractivity contribution is 0.0807. The van der Waals surface area contributed by atoms with E-state index in [2.05, 4.69) is 4.98 Å². The molecule has 1 atom stereocenters. The second kappa shape index (κ2) is 3.89. The molecule has 2 aromatic rings. The van der Waals surface area contributed by atoms with E-state index in [9.17, 15) is 5.11 Å². The lowest BCUT2D eigenvalue weighted by Gasteiger charge is -2.22. The first-order chi connectivity index (χ1) is 8.25. The van der Waals surface area contributed by atoms with Gasteiger partial charge in [-0.05, 0) is 31.4 Å². The molecule has 88 valence electrons. The van der Waals surface area contributed by atoms with Crippen molar-refractivity contribution in [1.82, 2.24) is 9.55 Å². The van der Waals surface area contributed by atoms with Crippen LogP contribution in [0.25, 0.3) is 11.4 Å². The zero-order valence-corrected chi connectivity index (χ0v) is 9.50. The van der Waals surface area contributed by atoms with Crippen molar-refractivity contribution in [2.24, 2.45) is 0 Å². The summed E-state index contributed by atoms with van der Waals surface area (Å²) in [7, 11) is 0. The smallest absolute Gasteiger partial charge is 0.142 e. The maximum atomic E-state index is 10.1. The van der Waals surface area contributed by atoms with Crippen molar-refractivity contribution >= 4 is 5.69 Å². The fourth-order valence-electron chi connectivity index (χ4n) is 2.40. The van der Waals surface area contributed by atoms with Gasteiger partial charge in [0.15, 0.2) is 0 Å². The Balaban J connectivity index is 2.13. The normalized spacial score (nSPS) is 19.0. The quantitative estimate of drug-likeness (QED) is 0.735. The Kier molecular flexibility index (Phi) is 2.37. The van der Waals surface area contributed by atoms with Crippen molar-refractivity contribution < 1.29 is 5.11 Å². The van der Waals surface area contributed by atoms with E-state index < -0.39 is 6.23 Å². The largest absolute Gasteiger partial charge is 0.399 e. The number of nitrogens with two attached hydrogens (primary N) is 1. The number of aliphatic hydroxyl groups excluding tert-OH is 1. The van der Waals surface area contributed by atoms with Crippen molar-refractivity contribution in [1.29, 1.82) is 0 Å². The van der Waals surface area contributed by atoms with Gasteiger partial charge in [-0.2, -0.15) is 0 Å². The van der Waals surface area contributed by atoms with Crippen LogP contribution in [0.3, 0.4) is 0 Å². The van der Waals surface area contributed by atoms with Crippen LogP contribution in [0, 0.1) is 0 Å². The molecule has 2 heterocycles. The van der Waals surface area contributed by atoms with Crippen molar-refractivity contribution in [3.8, 4) is 11.4 Å². The molecular weight excluding hydrogens is 214 g/mol. The molecule has 4 nitrogen and oxygen atoms in total. The maximum Gasteiger partial charge on any atom is 0.142 e. The summed E-state index contributed by atoms with van der Waals surface area (Å²) in [6, 6.07) is 7.60. The highest BCUT2D eigenvalue weighted by molar-refractivity contribution is 5.62. The zero-order chi connectivity index (χ0) is 11.8. The van der Waals surface area contributed by atoms with Crippen molar-refractivity contribution in [2.45, 2.75) is 25.5 Å². The number of rotatable bonds is 1. The Morgan fingerprint density at radius 1 is 1.41 bits per heavy atom. The van der Waals surface area contributed by atoms with E-state index >= 15 is 0 Å². The van der Waals surface area contributed by atoms with Crippen LogP contribution in [0.15, 0.2) is 30.5 Å². The van der Waals surface area contributed by atoms with E-state index in [-0.39, 0.29) is 0 Å². The summed E-state index contributed by atoms with van der Waals surface area (Å²) in [4.78, 5) is 4.41. The Morgan fingerprint density at radius 3 is 3.12 bits per heavy atom. The predicted molar refractivity (Wildman–Crippen MR) is 66.3 cm³/mol. The number of anilines is 1. The number of nitrogen functional groups attached to an aromatic ring is 1. The van der Waals surface area contributed by atoms with Gasteiger partial charge in [-0.15, -0.1) is 0 Å².